The van der Waals surface area contributed by atoms with Gasteiger partial charge in [-0.15, -0.1) is 10.2 Å². The number of nitrogens with one attached hydrogen (secondary N) is 1. The van der Waals surface area contributed by atoms with Crippen LogP contribution in [-0.2, 0) is 0 Å². The molecule has 0 aromatic carbocycles. The fraction of sp³-hybridized carbons (Fsp3) is 0.308. The van der Waals surface area contributed by atoms with Crippen molar-refractivity contribution in [1.29, 1.82) is 0 Å². The van der Waals surface area contributed by atoms with Crippen LogP contribution < -0.4 is 10.1 Å². The average Bonchev–Trinajstić information content (AvgIpc) is 2.78. The molecule has 0 fully saturated rings. The summed E-state index contributed by atoms with van der Waals surface area (Å²) in [4.78, 5) is 11.8. The van der Waals surface area contributed by atoms with Gasteiger partial charge in [0.1, 0.15) is 5.76 Å². The first-order valence-electron chi connectivity index (χ1n) is 5.93. The highest BCUT2D eigenvalue weighted by Gasteiger charge is 2.11. The van der Waals surface area contributed by atoms with Gasteiger partial charge >= 0.3 is 0 Å². The second-order valence-corrected chi connectivity index (χ2v) is 4.29. The Hall–Kier alpha value is -2.37. The first-order chi connectivity index (χ1) is 9.04. The molecule has 2 rings (SSSR count). The standard InChI is InChI=1S/C13H15N3O3/c1-8(2)18-12-7-6-11(15-16-12)14-13(17)10-5-4-9(3)19-10/h4-8H,1-3H3,(H,14,15,17). The summed E-state index contributed by atoms with van der Waals surface area (Å²) in [7, 11) is 0. The van der Waals surface area contributed by atoms with E-state index in [0.29, 0.717) is 17.5 Å². The average molecular weight is 261 g/mol. The molecule has 100 valence electrons. The van der Waals surface area contributed by atoms with E-state index in [4.69, 9.17) is 9.15 Å². The smallest absolute Gasteiger partial charge is 0.292 e. The number of nitrogens with zero attached hydrogens (tertiary/aromatic N) is 2. The first-order valence-corrected chi connectivity index (χ1v) is 5.93. The topological polar surface area (TPSA) is 77.2 Å². The van der Waals surface area contributed by atoms with Gasteiger partial charge in [0.15, 0.2) is 11.6 Å². The number of hydrogen-bond acceptors (Lipinski definition) is 5. The molecule has 0 aliphatic heterocycles. The van der Waals surface area contributed by atoms with Gasteiger partial charge in [-0.2, -0.15) is 0 Å². The number of amides is 1. The number of rotatable bonds is 4. The molecule has 2 aromatic heterocycles. The van der Waals surface area contributed by atoms with Crippen LogP contribution in [0.25, 0.3) is 0 Å². The highest BCUT2D eigenvalue weighted by Crippen LogP contribution is 2.12. The first kappa shape index (κ1) is 13.1. The Labute approximate surface area is 110 Å². The van der Waals surface area contributed by atoms with Gasteiger partial charge < -0.3 is 14.5 Å². The fourth-order valence-corrected chi connectivity index (χ4v) is 1.43. The van der Waals surface area contributed by atoms with E-state index in [1.807, 2.05) is 13.8 Å². The van der Waals surface area contributed by atoms with Crippen molar-refractivity contribution < 1.29 is 13.9 Å². The van der Waals surface area contributed by atoms with Crippen molar-refractivity contribution in [2.75, 3.05) is 5.32 Å². The largest absolute Gasteiger partial charge is 0.474 e. The SMILES string of the molecule is Cc1ccc(C(=O)Nc2ccc(OC(C)C)nn2)o1. The van der Waals surface area contributed by atoms with Gasteiger partial charge in [0.2, 0.25) is 5.88 Å². The number of carbonyl (C=O) groups excluding carboxylic acids is 1. The van der Waals surface area contributed by atoms with Gasteiger partial charge in [-0.3, -0.25) is 4.79 Å². The molecule has 0 aliphatic rings. The Morgan fingerprint density at radius 3 is 2.58 bits per heavy atom. The van der Waals surface area contributed by atoms with Crippen LogP contribution >= 0.6 is 0 Å². The monoisotopic (exact) mass is 261 g/mol. The zero-order valence-corrected chi connectivity index (χ0v) is 11.0. The lowest BCUT2D eigenvalue weighted by Crippen LogP contribution is -2.13. The lowest BCUT2D eigenvalue weighted by atomic mass is 10.4. The minimum atomic E-state index is -0.361. The minimum absolute atomic E-state index is 0.0286. The molecular weight excluding hydrogens is 246 g/mol. The van der Waals surface area contributed by atoms with E-state index in [1.54, 1.807) is 31.2 Å². The van der Waals surface area contributed by atoms with E-state index < -0.39 is 0 Å². The predicted molar refractivity (Wildman–Crippen MR) is 69.2 cm³/mol. The summed E-state index contributed by atoms with van der Waals surface area (Å²) in [5, 5.41) is 10.3. The van der Waals surface area contributed by atoms with Gasteiger partial charge in [-0.1, -0.05) is 0 Å². The molecule has 0 radical (unpaired) electrons. The highest BCUT2D eigenvalue weighted by atomic mass is 16.5. The van der Waals surface area contributed by atoms with Crippen molar-refractivity contribution in [1.82, 2.24) is 10.2 Å². The van der Waals surface area contributed by atoms with E-state index in [2.05, 4.69) is 15.5 Å². The van der Waals surface area contributed by atoms with Crippen molar-refractivity contribution in [2.45, 2.75) is 26.9 Å². The molecule has 1 N–H and O–H groups in total. The van der Waals surface area contributed by atoms with Crippen molar-refractivity contribution in [3.8, 4) is 5.88 Å². The summed E-state index contributed by atoms with van der Waals surface area (Å²) < 4.78 is 10.6. The second kappa shape index (κ2) is 5.51. The molecule has 2 aromatic rings. The minimum Gasteiger partial charge on any atom is -0.474 e. The summed E-state index contributed by atoms with van der Waals surface area (Å²) in [6, 6.07) is 6.60. The summed E-state index contributed by atoms with van der Waals surface area (Å²) in [6.07, 6.45) is 0.0286. The number of hydrogen-bond donors (Lipinski definition) is 1. The van der Waals surface area contributed by atoms with Gasteiger partial charge in [-0.05, 0) is 39.0 Å². The van der Waals surface area contributed by atoms with Gasteiger partial charge in [0.25, 0.3) is 5.91 Å². The third-order valence-corrected chi connectivity index (χ3v) is 2.20. The van der Waals surface area contributed by atoms with E-state index in [9.17, 15) is 4.79 Å². The molecule has 1 amide bonds. The third kappa shape index (κ3) is 3.54. The molecular formula is C13H15N3O3. The van der Waals surface area contributed by atoms with Crippen molar-refractivity contribution in [2.24, 2.45) is 0 Å². The fourth-order valence-electron chi connectivity index (χ4n) is 1.43. The number of anilines is 1. The van der Waals surface area contributed by atoms with E-state index in [0.717, 1.165) is 0 Å². The number of furan rings is 1. The maximum atomic E-state index is 11.8. The van der Waals surface area contributed by atoms with E-state index in [-0.39, 0.29) is 17.8 Å². The number of carbonyl (C=O) groups is 1. The zero-order chi connectivity index (χ0) is 13.8. The molecule has 0 saturated carbocycles. The Kier molecular flexibility index (Phi) is 3.79. The quantitative estimate of drug-likeness (QED) is 0.914. The third-order valence-electron chi connectivity index (χ3n) is 2.20. The molecule has 19 heavy (non-hydrogen) atoms. The van der Waals surface area contributed by atoms with Crippen LogP contribution in [0.15, 0.2) is 28.7 Å². The lowest BCUT2D eigenvalue weighted by molar-refractivity contribution is 0.0994. The van der Waals surface area contributed by atoms with Crippen LogP contribution in [-0.4, -0.2) is 22.2 Å². The Morgan fingerprint density at radius 2 is 2.05 bits per heavy atom. The van der Waals surface area contributed by atoms with Crippen LogP contribution in [0.5, 0.6) is 5.88 Å². The molecule has 0 saturated heterocycles. The molecule has 0 bridgehead atoms. The molecule has 0 spiro atoms. The van der Waals surface area contributed by atoms with E-state index in [1.165, 1.54) is 0 Å². The summed E-state index contributed by atoms with van der Waals surface area (Å²) in [5.74, 6) is 1.32. The maximum Gasteiger partial charge on any atom is 0.292 e. The van der Waals surface area contributed by atoms with Crippen LogP contribution in [0, 0.1) is 6.92 Å². The Balaban J connectivity index is 2.01. The summed E-state index contributed by atoms with van der Waals surface area (Å²) in [6.45, 7) is 5.57. The van der Waals surface area contributed by atoms with Crippen molar-refractivity contribution in [3.05, 3.63) is 35.8 Å². The Bertz CT molecular complexity index is 561. The zero-order valence-electron chi connectivity index (χ0n) is 11.0. The number of aryl methyl sites for hydroxylation is 1. The summed E-state index contributed by atoms with van der Waals surface area (Å²) >= 11 is 0. The number of aromatic nitrogens is 2. The number of ether oxygens (including phenoxy) is 1. The normalized spacial score (nSPS) is 10.5. The van der Waals surface area contributed by atoms with Crippen molar-refractivity contribution in [3.63, 3.8) is 0 Å². The molecule has 2 heterocycles. The van der Waals surface area contributed by atoms with Gasteiger partial charge in [-0.25, -0.2) is 0 Å². The van der Waals surface area contributed by atoms with E-state index >= 15 is 0 Å². The van der Waals surface area contributed by atoms with Crippen LogP contribution in [0.3, 0.4) is 0 Å². The molecule has 0 unspecified atom stereocenters. The summed E-state index contributed by atoms with van der Waals surface area (Å²) in [5.41, 5.74) is 0. The van der Waals surface area contributed by atoms with Gasteiger partial charge in [0, 0.05) is 6.07 Å². The van der Waals surface area contributed by atoms with Crippen molar-refractivity contribution >= 4 is 11.7 Å². The highest BCUT2D eigenvalue weighted by molar-refractivity contribution is 6.01. The maximum absolute atomic E-state index is 11.8. The molecule has 6 heteroatoms. The second-order valence-electron chi connectivity index (χ2n) is 4.29. The molecule has 6 nitrogen and oxygen atoms in total. The molecule has 0 atom stereocenters. The molecule has 0 aliphatic carbocycles. The van der Waals surface area contributed by atoms with Gasteiger partial charge in [0.05, 0.1) is 6.10 Å². The lowest BCUT2D eigenvalue weighted by Gasteiger charge is -2.08. The predicted octanol–water partition coefficient (Wildman–Crippen LogP) is 2.42. The van der Waals surface area contributed by atoms with Crippen LogP contribution in [0.4, 0.5) is 5.82 Å². The Morgan fingerprint density at radius 1 is 1.26 bits per heavy atom. The van der Waals surface area contributed by atoms with Crippen LogP contribution in [0.2, 0.25) is 0 Å². The van der Waals surface area contributed by atoms with Crippen LogP contribution in [0.1, 0.15) is 30.2 Å².